The van der Waals surface area contributed by atoms with Gasteiger partial charge in [-0.25, -0.2) is 15.2 Å². The molecule has 8 heteroatoms. The predicted octanol–water partition coefficient (Wildman–Crippen LogP) is 4.33. The van der Waals surface area contributed by atoms with Gasteiger partial charge in [0.15, 0.2) is 5.16 Å². The van der Waals surface area contributed by atoms with Crippen LogP contribution in [0.15, 0.2) is 83.1 Å². The van der Waals surface area contributed by atoms with Crippen LogP contribution in [0.5, 0.6) is 0 Å². The summed E-state index contributed by atoms with van der Waals surface area (Å²) in [6.45, 7) is 2.72. The second kappa shape index (κ2) is 10.1. The molecule has 4 rings (SSSR count). The third kappa shape index (κ3) is 5.67. The van der Waals surface area contributed by atoms with Crippen LogP contribution in [0.3, 0.4) is 0 Å². The molecule has 0 saturated heterocycles. The molecule has 33 heavy (non-hydrogen) atoms. The normalized spacial score (nSPS) is 11.2. The minimum atomic E-state index is -0.989. The van der Waals surface area contributed by atoms with Gasteiger partial charge in [-0.2, -0.15) is 5.10 Å². The van der Waals surface area contributed by atoms with Crippen LogP contribution < -0.4 is 5.43 Å². The van der Waals surface area contributed by atoms with E-state index in [9.17, 15) is 9.59 Å². The van der Waals surface area contributed by atoms with E-state index in [1.54, 1.807) is 12.1 Å². The number of aromatic carboxylic acids is 1. The molecule has 0 fully saturated rings. The molecule has 0 bridgehead atoms. The fraction of sp³-hybridized carbons (Fsp3) is 0.120. The van der Waals surface area contributed by atoms with Gasteiger partial charge in [0.2, 0.25) is 0 Å². The van der Waals surface area contributed by atoms with Gasteiger partial charge in [-0.3, -0.25) is 4.79 Å². The van der Waals surface area contributed by atoms with Crippen molar-refractivity contribution >= 4 is 40.9 Å². The lowest BCUT2D eigenvalue weighted by Gasteiger charge is -2.09. The van der Waals surface area contributed by atoms with Gasteiger partial charge < -0.3 is 9.67 Å². The van der Waals surface area contributed by atoms with E-state index < -0.39 is 5.97 Å². The number of carbonyl (C=O) groups is 2. The molecule has 0 aliphatic heterocycles. The monoisotopic (exact) mass is 458 g/mol. The number of thioether (sulfide) groups is 1. The Hall–Kier alpha value is -3.91. The van der Waals surface area contributed by atoms with E-state index in [-0.39, 0.29) is 17.2 Å². The van der Waals surface area contributed by atoms with Crippen LogP contribution in [0.2, 0.25) is 0 Å². The van der Waals surface area contributed by atoms with Crippen LogP contribution in [-0.2, 0) is 11.3 Å². The van der Waals surface area contributed by atoms with Crippen molar-refractivity contribution < 1.29 is 14.7 Å². The van der Waals surface area contributed by atoms with Crippen LogP contribution in [0.1, 0.15) is 27.0 Å². The molecule has 7 nitrogen and oxygen atoms in total. The summed E-state index contributed by atoms with van der Waals surface area (Å²) in [5.74, 6) is -1.09. The van der Waals surface area contributed by atoms with Crippen LogP contribution >= 0.6 is 11.8 Å². The quantitative estimate of drug-likeness (QED) is 0.233. The van der Waals surface area contributed by atoms with E-state index >= 15 is 0 Å². The number of imidazole rings is 1. The maximum absolute atomic E-state index is 12.3. The number of rotatable bonds is 8. The second-order valence-corrected chi connectivity index (χ2v) is 8.41. The van der Waals surface area contributed by atoms with E-state index in [1.165, 1.54) is 35.7 Å². The van der Waals surface area contributed by atoms with E-state index in [1.807, 2.05) is 24.3 Å². The fourth-order valence-corrected chi connectivity index (χ4v) is 4.05. The highest BCUT2D eigenvalue weighted by Crippen LogP contribution is 2.25. The largest absolute Gasteiger partial charge is 0.478 e. The van der Waals surface area contributed by atoms with Crippen molar-refractivity contribution in [1.82, 2.24) is 15.0 Å². The Kier molecular flexibility index (Phi) is 6.85. The van der Waals surface area contributed by atoms with Crippen LogP contribution in [-0.4, -0.2) is 38.5 Å². The molecule has 0 atom stereocenters. The number of nitrogens with zero attached hydrogens (tertiary/aromatic N) is 3. The molecule has 1 heterocycles. The van der Waals surface area contributed by atoms with Crippen molar-refractivity contribution in [3.05, 3.63) is 95.1 Å². The Morgan fingerprint density at radius 3 is 2.52 bits per heavy atom. The van der Waals surface area contributed by atoms with E-state index in [0.717, 1.165) is 21.8 Å². The van der Waals surface area contributed by atoms with Crippen molar-refractivity contribution in [3.63, 3.8) is 0 Å². The summed E-state index contributed by atoms with van der Waals surface area (Å²) in [6.07, 6.45) is 1.47. The van der Waals surface area contributed by atoms with Gasteiger partial charge >= 0.3 is 5.97 Å². The summed E-state index contributed by atoms with van der Waals surface area (Å²) in [5.41, 5.74) is 7.66. The summed E-state index contributed by atoms with van der Waals surface area (Å²) in [5, 5.41) is 13.7. The number of fused-ring (bicyclic) bond motifs is 1. The Morgan fingerprint density at radius 1 is 1.06 bits per heavy atom. The van der Waals surface area contributed by atoms with Gasteiger partial charge in [0.25, 0.3) is 5.91 Å². The molecule has 0 radical (unpaired) electrons. The lowest BCUT2D eigenvalue weighted by Crippen LogP contribution is -2.20. The highest BCUT2D eigenvalue weighted by molar-refractivity contribution is 7.99. The molecule has 0 aliphatic rings. The topological polar surface area (TPSA) is 96.6 Å². The molecule has 166 valence electrons. The minimum absolute atomic E-state index is 0.159. The second-order valence-electron chi connectivity index (χ2n) is 7.46. The SMILES string of the molecule is Cc1ccc(Cn2c(SCC(=O)N/N=C/c3ccc(C(=O)O)cc3)nc3ccccc32)cc1. The first-order valence-corrected chi connectivity index (χ1v) is 11.3. The zero-order chi connectivity index (χ0) is 23.2. The summed E-state index contributed by atoms with van der Waals surface area (Å²) >= 11 is 1.36. The van der Waals surface area contributed by atoms with Crippen molar-refractivity contribution in [3.8, 4) is 0 Å². The van der Waals surface area contributed by atoms with Crippen LogP contribution in [0.25, 0.3) is 11.0 Å². The number of hydrazone groups is 1. The first kappa shape index (κ1) is 22.3. The first-order valence-electron chi connectivity index (χ1n) is 10.3. The number of para-hydroxylation sites is 2. The van der Waals surface area contributed by atoms with Gasteiger partial charge in [-0.15, -0.1) is 0 Å². The molecule has 0 unspecified atom stereocenters. The van der Waals surface area contributed by atoms with Crippen molar-refractivity contribution in [2.24, 2.45) is 5.10 Å². The van der Waals surface area contributed by atoms with Crippen molar-refractivity contribution in [1.29, 1.82) is 0 Å². The van der Waals surface area contributed by atoms with Gasteiger partial charge in [-0.1, -0.05) is 65.9 Å². The van der Waals surface area contributed by atoms with Gasteiger partial charge in [0.05, 0.1) is 35.1 Å². The number of carboxylic acids is 1. The number of aryl methyl sites for hydroxylation is 1. The molecule has 0 spiro atoms. The molecular formula is C25H22N4O3S. The number of carbonyl (C=O) groups excluding carboxylic acids is 1. The van der Waals surface area contributed by atoms with E-state index in [2.05, 4.69) is 46.3 Å². The number of hydrogen-bond acceptors (Lipinski definition) is 5. The number of hydrogen-bond donors (Lipinski definition) is 2. The zero-order valence-corrected chi connectivity index (χ0v) is 18.7. The summed E-state index contributed by atoms with van der Waals surface area (Å²) in [7, 11) is 0. The van der Waals surface area contributed by atoms with E-state index in [0.29, 0.717) is 12.1 Å². The van der Waals surface area contributed by atoms with Gasteiger partial charge in [0.1, 0.15) is 0 Å². The lowest BCUT2D eigenvalue weighted by atomic mass is 10.1. The maximum Gasteiger partial charge on any atom is 0.335 e. The van der Waals surface area contributed by atoms with Gasteiger partial charge in [-0.05, 0) is 42.3 Å². The van der Waals surface area contributed by atoms with Crippen molar-refractivity contribution in [2.75, 3.05) is 5.75 Å². The highest BCUT2D eigenvalue weighted by Gasteiger charge is 2.13. The molecule has 0 aliphatic carbocycles. The number of carboxylic acid groups (broad SMARTS) is 1. The van der Waals surface area contributed by atoms with Crippen molar-refractivity contribution in [2.45, 2.75) is 18.6 Å². The molecule has 4 aromatic rings. The third-order valence-corrected chi connectivity index (χ3v) is 5.95. The number of benzene rings is 3. The number of nitrogens with one attached hydrogen (secondary N) is 1. The smallest absolute Gasteiger partial charge is 0.335 e. The minimum Gasteiger partial charge on any atom is -0.478 e. The molecule has 1 aromatic heterocycles. The Bertz CT molecular complexity index is 1310. The summed E-state index contributed by atoms with van der Waals surface area (Å²) in [6, 6.07) is 22.5. The fourth-order valence-electron chi connectivity index (χ4n) is 3.25. The molecular weight excluding hydrogens is 436 g/mol. The van der Waals surface area contributed by atoms with Crippen LogP contribution in [0, 0.1) is 6.92 Å². The molecule has 2 N–H and O–H groups in total. The van der Waals surface area contributed by atoms with Crippen LogP contribution in [0.4, 0.5) is 0 Å². The Balaban J connectivity index is 1.41. The Labute approximate surface area is 195 Å². The average molecular weight is 459 g/mol. The highest BCUT2D eigenvalue weighted by atomic mass is 32.2. The first-order chi connectivity index (χ1) is 16.0. The maximum atomic E-state index is 12.3. The average Bonchev–Trinajstić information content (AvgIpc) is 3.17. The molecule has 0 saturated carbocycles. The zero-order valence-electron chi connectivity index (χ0n) is 17.9. The Morgan fingerprint density at radius 2 is 1.79 bits per heavy atom. The van der Waals surface area contributed by atoms with Gasteiger partial charge in [0, 0.05) is 0 Å². The standard InChI is InChI=1S/C25H22N4O3S/c1-17-6-8-19(9-7-17)15-29-22-5-3-2-4-21(22)27-25(29)33-16-23(30)28-26-14-18-10-12-20(13-11-18)24(31)32/h2-14H,15-16H2,1H3,(H,28,30)(H,31,32)/b26-14+. The molecule has 1 amide bonds. The number of aromatic nitrogens is 2. The third-order valence-electron chi connectivity index (χ3n) is 4.97. The number of amides is 1. The lowest BCUT2D eigenvalue weighted by molar-refractivity contribution is -0.118. The predicted molar refractivity (Wildman–Crippen MR) is 130 cm³/mol. The summed E-state index contributed by atoms with van der Waals surface area (Å²) in [4.78, 5) is 27.9. The summed E-state index contributed by atoms with van der Waals surface area (Å²) < 4.78 is 2.12. The van der Waals surface area contributed by atoms with E-state index in [4.69, 9.17) is 10.1 Å². The molecule has 3 aromatic carbocycles.